The molecule has 0 amide bonds. The zero-order valence-corrected chi connectivity index (χ0v) is 10.4. The maximum Gasteiger partial charge on any atom is 0.0793 e. The molecule has 0 spiro atoms. The lowest BCUT2D eigenvalue weighted by Gasteiger charge is -2.29. The molecule has 1 unspecified atom stereocenters. The molecule has 88 valence electrons. The number of aliphatic hydroxyl groups excluding tert-OH is 1. The van der Waals surface area contributed by atoms with Crippen molar-refractivity contribution in [3.05, 3.63) is 47.0 Å². The molecule has 2 aromatic rings. The molecule has 0 aromatic heterocycles. The molecule has 0 saturated carbocycles. The highest BCUT2D eigenvalue weighted by Crippen LogP contribution is 2.42. The van der Waals surface area contributed by atoms with Crippen LogP contribution in [0.5, 0.6) is 0 Å². The summed E-state index contributed by atoms with van der Waals surface area (Å²) in [6.45, 7) is 4.40. The Morgan fingerprint density at radius 1 is 1.12 bits per heavy atom. The van der Waals surface area contributed by atoms with E-state index in [0.29, 0.717) is 5.92 Å². The van der Waals surface area contributed by atoms with Gasteiger partial charge >= 0.3 is 0 Å². The minimum Gasteiger partial charge on any atom is -0.388 e. The molecule has 1 N–H and O–H groups in total. The van der Waals surface area contributed by atoms with Gasteiger partial charge in [0, 0.05) is 0 Å². The van der Waals surface area contributed by atoms with Gasteiger partial charge in [0.2, 0.25) is 0 Å². The fourth-order valence-corrected chi connectivity index (χ4v) is 3.14. The molecule has 3 rings (SSSR count). The van der Waals surface area contributed by atoms with E-state index in [1.54, 1.807) is 0 Å². The van der Waals surface area contributed by atoms with Crippen molar-refractivity contribution in [3.8, 4) is 0 Å². The average molecular weight is 226 g/mol. The Morgan fingerprint density at radius 2 is 1.82 bits per heavy atom. The summed E-state index contributed by atoms with van der Waals surface area (Å²) >= 11 is 0. The normalized spacial score (nSPS) is 23.7. The van der Waals surface area contributed by atoms with E-state index in [1.807, 2.05) is 0 Å². The molecule has 1 heteroatoms. The van der Waals surface area contributed by atoms with Gasteiger partial charge in [0.1, 0.15) is 0 Å². The second kappa shape index (κ2) is 3.85. The fraction of sp³-hybridized carbons (Fsp3) is 0.375. The van der Waals surface area contributed by atoms with Crippen LogP contribution < -0.4 is 0 Å². The van der Waals surface area contributed by atoms with E-state index in [1.165, 1.54) is 21.9 Å². The first-order valence-electron chi connectivity index (χ1n) is 6.38. The summed E-state index contributed by atoms with van der Waals surface area (Å²) < 4.78 is 0. The summed E-state index contributed by atoms with van der Waals surface area (Å²) in [7, 11) is 0. The molecule has 17 heavy (non-hydrogen) atoms. The molecule has 1 aliphatic rings. The van der Waals surface area contributed by atoms with Crippen molar-refractivity contribution in [1.82, 2.24) is 0 Å². The molecular weight excluding hydrogens is 208 g/mol. The highest BCUT2D eigenvalue weighted by Gasteiger charge is 2.25. The Kier molecular flexibility index (Phi) is 2.44. The van der Waals surface area contributed by atoms with Crippen molar-refractivity contribution in [2.45, 2.75) is 38.7 Å². The van der Waals surface area contributed by atoms with Gasteiger partial charge in [-0.25, -0.2) is 0 Å². The highest BCUT2D eigenvalue weighted by molar-refractivity contribution is 5.90. The first-order chi connectivity index (χ1) is 8.18. The van der Waals surface area contributed by atoms with Gasteiger partial charge in [-0.3, -0.25) is 0 Å². The van der Waals surface area contributed by atoms with Crippen LogP contribution in [0.15, 0.2) is 30.3 Å². The van der Waals surface area contributed by atoms with Crippen LogP contribution in [0.4, 0.5) is 0 Å². The summed E-state index contributed by atoms with van der Waals surface area (Å²) in [5.41, 5.74) is 3.79. The van der Waals surface area contributed by atoms with Crippen molar-refractivity contribution in [3.63, 3.8) is 0 Å². The summed E-state index contributed by atoms with van der Waals surface area (Å²) in [6.07, 6.45) is 1.71. The maximum absolute atomic E-state index is 10.2. The van der Waals surface area contributed by atoms with Crippen LogP contribution in [0.2, 0.25) is 0 Å². The number of aryl methyl sites for hydroxylation is 1. The second-order valence-electron chi connectivity index (χ2n) is 5.24. The summed E-state index contributed by atoms with van der Waals surface area (Å²) in [6, 6.07) is 10.7. The number of hydrogen-bond acceptors (Lipinski definition) is 1. The van der Waals surface area contributed by atoms with Gasteiger partial charge in [0.25, 0.3) is 0 Å². The molecule has 2 atom stereocenters. The smallest absolute Gasteiger partial charge is 0.0793 e. The molecule has 1 nitrogen and oxygen atoms in total. The molecule has 0 heterocycles. The van der Waals surface area contributed by atoms with Gasteiger partial charge in [-0.1, -0.05) is 37.3 Å². The lowest BCUT2D eigenvalue weighted by molar-refractivity contribution is 0.152. The highest BCUT2D eigenvalue weighted by atomic mass is 16.3. The molecular formula is C16H18O. The fourth-order valence-electron chi connectivity index (χ4n) is 3.14. The topological polar surface area (TPSA) is 20.2 Å². The lowest BCUT2D eigenvalue weighted by atomic mass is 9.78. The molecule has 0 fully saturated rings. The zero-order chi connectivity index (χ0) is 12.0. The van der Waals surface area contributed by atoms with Crippen LogP contribution in [0.1, 0.15) is 48.5 Å². The quantitative estimate of drug-likeness (QED) is 0.717. The van der Waals surface area contributed by atoms with E-state index < -0.39 is 0 Å². The van der Waals surface area contributed by atoms with Crippen molar-refractivity contribution < 1.29 is 5.11 Å². The molecule has 1 aliphatic carbocycles. The summed E-state index contributed by atoms with van der Waals surface area (Å²) in [5, 5.41) is 12.8. The SMILES string of the molecule is Cc1cc2c(c3ccccc13)C(C)CC[C@@H]2O. The van der Waals surface area contributed by atoms with Crippen molar-refractivity contribution in [1.29, 1.82) is 0 Å². The van der Waals surface area contributed by atoms with Gasteiger partial charge in [-0.2, -0.15) is 0 Å². The van der Waals surface area contributed by atoms with Crippen LogP contribution in [-0.2, 0) is 0 Å². The first-order valence-corrected chi connectivity index (χ1v) is 6.38. The van der Waals surface area contributed by atoms with Gasteiger partial charge in [0.15, 0.2) is 0 Å². The summed E-state index contributed by atoms with van der Waals surface area (Å²) in [5.74, 6) is 0.555. The molecule has 0 saturated heterocycles. The lowest BCUT2D eigenvalue weighted by Crippen LogP contribution is -2.13. The standard InChI is InChI=1S/C16H18O/c1-10-7-8-15(17)14-9-11(2)12-5-3-4-6-13(12)16(10)14/h3-6,9-10,15,17H,7-8H2,1-2H3/t10?,15-/m0/s1. The third kappa shape index (κ3) is 1.57. The predicted molar refractivity (Wildman–Crippen MR) is 71.3 cm³/mol. The average Bonchev–Trinajstić information content (AvgIpc) is 2.34. The molecule has 0 aliphatic heterocycles. The van der Waals surface area contributed by atoms with Crippen LogP contribution in [-0.4, -0.2) is 5.11 Å². The van der Waals surface area contributed by atoms with Gasteiger partial charge in [-0.15, -0.1) is 0 Å². The maximum atomic E-state index is 10.2. The Bertz CT molecular complexity index is 571. The van der Waals surface area contributed by atoms with E-state index in [9.17, 15) is 5.11 Å². The minimum absolute atomic E-state index is 0.274. The zero-order valence-electron chi connectivity index (χ0n) is 10.4. The second-order valence-corrected chi connectivity index (χ2v) is 5.24. The van der Waals surface area contributed by atoms with E-state index >= 15 is 0 Å². The molecule has 2 aromatic carbocycles. The van der Waals surface area contributed by atoms with E-state index in [4.69, 9.17) is 0 Å². The Hall–Kier alpha value is -1.34. The van der Waals surface area contributed by atoms with E-state index in [2.05, 4.69) is 44.2 Å². The molecule has 0 radical (unpaired) electrons. The number of rotatable bonds is 0. The largest absolute Gasteiger partial charge is 0.388 e. The number of benzene rings is 2. The van der Waals surface area contributed by atoms with Crippen molar-refractivity contribution in [2.75, 3.05) is 0 Å². The Balaban J connectivity index is 2.41. The van der Waals surface area contributed by atoms with Gasteiger partial charge < -0.3 is 5.11 Å². The number of aliphatic hydroxyl groups is 1. The van der Waals surface area contributed by atoms with Crippen LogP contribution in [0.3, 0.4) is 0 Å². The number of fused-ring (bicyclic) bond motifs is 3. The van der Waals surface area contributed by atoms with Gasteiger partial charge in [0.05, 0.1) is 6.10 Å². The van der Waals surface area contributed by atoms with Crippen LogP contribution >= 0.6 is 0 Å². The molecule has 0 bridgehead atoms. The van der Waals surface area contributed by atoms with Crippen molar-refractivity contribution >= 4 is 10.8 Å². The third-order valence-corrected chi connectivity index (χ3v) is 4.05. The van der Waals surface area contributed by atoms with Crippen LogP contribution in [0, 0.1) is 6.92 Å². The Labute approximate surface area is 102 Å². The minimum atomic E-state index is -0.274. The summed E-state index contributed by atoms with van der Waals surface area (Å²) in [4.78, 5) is 0. The number of hydrogen-bond donors (Lipinski definition) is 1. The van der Waals surface area contributed by atoms with E-state index in [0.717, 1.165) is 18.4 Å². The van der Waals surface area contributed by atoms with Crippen LogP contribution in [0.25, 0.3) is 10.8 Å². The van der Waals surface area contributed by atoms with Gasteiger partial charge in [-0.05, 0) is 53.1 Å². The Morgan fingerprint density at radius 3 is 2.59 bits per heavy atom. The first kappa shape index (κ1) is 10.8. The van der Waals surface area contributed by atoms with E-state index in [-0.39, 0.29) is 6.10 Å². The van der Waals surface area contributed by atoms with Crippen molar-refractivity contribution in [2.24, 2.45) is 0 Å². The third-order valence-electron chi connectivity index (χ3n) is 4.05. The monoisotopic (exact) mass is 226 g/mol. The predicted octanol–water partition coefficient (Wildman–Crippen LogP) is 4.08.